The smallest absolute Gasteiger partial charge is 0.323 e. The normalized spacial score (nSPS) is 21.9. The van der Waals surface area contributed by atoms with E-state index in [1.54, 1.807) is 0 Å². The third kappa shape index (κ3) is 3.27. The highest BCUT2D eigenvalue weighted by Crippen LogP contribution is 2.12. The molecule has 1 aliphatic rings. The number of nitrogens with zero attached hydrogens (tertiary/aromatic N) is 1. The molecule has 0 amide bonds. The molecule has 1 fully saturated rings. The molecule has 2 N–H and O–H groups in total. The van der Waals surface area contributed by atoms with E-state index >= 15 is 0 Å². The minimum atomic E-state index is -0.449. The van der Waals surface area contributed by atoms with Crippen molar-refractivity contribution in [2.45, 2.75) is 38.3 Å². The second kappa shape index (κ2) is 5.32. The Morgan fingerprint density at radius 2 is 2.14 bits per heavy atom. The summed E-state index contributed by atoms with van der Waals surface area (Å²) in [6.45, 7) is 3.89. The van der Waals surface area contributed by atoms with Gasteiger partial charge in [-0.1, -0.05) is 6.92 Å². The fourth-order valence-corrected chi connectivity index (χ4v) is 1.52. The highest BCUT2D eigenvalue weighted by atomic mass is 16.5. The lowest BCUT2D eigenvalue weighted by molar-refractivity contribution is -0.152. The number of hydrogen-bond donors (Lipinski definition) is 1. The van der Waals surface area contributed by atoms with Crippen molar-refractivity contribution in [1.82, 2.24) is 4.90 Å². The molecule has 4 nitrogen and oxygen atoms in total. The molecule has 0 bridgehead atoms. The van der Waals surface area contributed by atoms with Crippen molar-refractivity contribution >= 4 is 5.97 Å². The minimum Gasteiger partial charge on any atom is -0.461 e. The number of hydrogen-bond acceptors (Lipinski definition) is 4. The van der Waals surface area contributed by atoms with Crippen molar-refractivity contribution < 1.29 is 9.53 Å². The predicted molar refractivity (Wildman–Crippen MR) is 54.9 cm³/mol. The summed E-state index contributed by atoms with van der Waals surface area (Å²) in [7, 11) is 2.08. The first-order valence-corrected chi connectivity index (χ1v) is 5.28. The van der Waals surface area contributed by atoms with Crippen LogP contribution in [0.1, 0.15) is 26.2 Å². The maximum Gasteiger partial charge on any atom is 0.323 e. The van der Waals surface area contributed by atoms with Gasteiger partial charge in [-0.2, -0.15) is 0 Å². The average Bonchev–Trinajstić information content (AvgIpc) is 2.20. The van der Waals surface area contributed by atoms with Gasteiger partial charge in [-0.05, 0) is 26.3 Å². The predicted octanol–water partition coefficient (Wildman–Crippen LogP) is 0.361. The molecule has 14 heavy (non-hydrogen) atoms. The van der Waals surface area contributed by atoms with Gasteiger partial charge in [-0.15, -0.1) is 0 Å². The fourth-order valence-electron chi connectivity index (χ4n) is 1.52. The molecule has 0 aromatic rings. The molecule has 0 aromatic carbocycles. The lowest BCUT2D eigenvalue weighted by atomic mass is 10.1. The van der Waals surface area contributed by atoms with Gasteiger partial charge in [-0.25, -0.2) is 0 Å². The molecule has 0 unspecified atom stereocenters. The molecule has 0 spiro atoms. The van der Waals surface area contributed by atoms with E-state index in [0.29, 0.717) is 6.42 Å². The standard InChI is InChI=1S/C10H20N2O2/c1-3-9(11)10(13)14-8-4-6-12(2)7-5-8/h8-9H,3-7,11H2,1-2H3/t9-/m1/s1. The summed E-state index contributed by atoms with van der Waals surface area (Å²) in [5.74, 6) is -0.248. The Morgan fingerprint density at radius 1 is 1.57 bits per heavy atom. The molecular formula is C10H20N2O2. The highest BCUT2D eigenvalue weighted by Gasteiger charge is 2.22. The van der Waals surface area contributed by atoms with E-state index in [1.807, 2.05) is 6.92 Å². The van der Waals surface area contributed by atoms with Crippen LogP contribution in [0.25, 0.3) is 0 Å². The first-order chi connectivity index (χ1) is 6.63. The van der Waals surface area contributed by atoms with Crippen molar-refractivity contribution in [3.63, 3.8) is 0 Å². The third-order valence-corrected chi connectivity index (χ3v) is 2.69. The molecule has 1 rings (SSSR count). The Kier molecular flexibility index (Phi) is 4.35. The lowest BCUT2D eigenvalue weighted by Gasteiger charge is -2.29. The second-order valence-electron chi connectivity index (χ2n) is 3.95. The van der Waals surface area contributed by atoms with Gasteiger partial charge in [0, 0.05) is 13.1 Å². The van der Waals surface area contributed by atoms with E-state index in [9.17, 15) is 4.79 Å². The summed E-state index contributed by atoms with van der Waals surface area (Å²) in [6.07, 6.45) is 2.58. The number of carbonyl (C=O) groups excluding carboxylic acids is 1. The van der Waals surface area contributed by atoms with E-state index < -0.39 is 6.04 Å². The zero-order valence-electron chi connectivity index (χ0n) is 9.03. The van der Waals surface area contributed by atoms with Gasteiger partial charge in [0.25, 0.3) is 0 Å². The number of esters is 1. The van der Waals surface area contributed by atoms with Crippen LogP contribution >= 0.6 is 0 Å². The van der Waals surface area contributed by atoms with Crippen LogP contribution in [0.15, 0.2) is 0 Å². The highest BCUT2D eigenvalue weighted by molar-refractivity contribution is 5.75. The summed E-state index contributed by atoms with van der Waals surface area (Å²) in [5, 5.41) is 0. The Bertz CT molecular complexity index is 189. The van der Waals surface area contributed by atoms with Gasteiger partial charge in [-0.3, -0.25) is 4.79 Å². The first kappa shape index (κ1) is 11.5. The number of nitrogens with two attached hydrogens (primary N) is 1. The van der Waals surface area contributed by atoms with Gasteiger partial charge in [0.15, 0.2) is 0 Å². The van der Waals surface area contributed by atoms with Crippen LogP contribution in [-0.4, -0.2) is 43.2 Å². The molecule has 1 atom stereocenters. The maximum atomic E-state index is 11.4. The molecule has 0 aromatic heterocycles. The number of ether oxygens (including phenoxy) is 1. The molecule has 82 valence electrons. The van der Waals surface area contributed by atoms with Crippen LogP contribution in [-0.2, 0) is 9.53 Å². The van der Waals surface area contributed by atoms with Crippen molar-refractivity contribution in [1.29, 1.82) is 0 Å². The van der Waals surface area contributed by atoms with Gasteiger partial charge < -0.3 is 15.4 Å². The van der Waals surface area contributed by atoms with Crippen molar-refractivity contribution in [2.75, 3.05) is 20.1 Å². The Hall–Kier alpha value is -0.610. The summed E-state index contributed by atoms with van der Waals surface area (Å²) in [5.41, 5.74) is 5.58. The van der Waals surface area contributed by atoms with E-state index in [0.717, 1.165) is 25.9 Å². The number of rotatable bonds is 3. The van der Waals surface area contributed by atoms with Gasteiger partial charge in [0.05, 0.1) is 0 Å². The molecule has 0 radical (unpaired) electrons. The summed E-state index contributed by atoms with van der Waals surface area (Å²) < 4.78 is 5.30. The van der Waals surface area contributed by atoms with Crippen molar-refractivity contribution in [2.24, 2.45) is 5.73 Å². The van der Waals surface area contributed by atoms with Crippen LogP contribution < -0.4 is 5.73 Å². The average molecular weight is 200 g/mol. The third-order valence-electron chi connectivity index (χ3n) is 2.69. The van der Waals surface area contributed by atoms with Gasteiger partial charge in [0.1, 0.15) is 12.1 Å². The number of piperidine rings is 1. The van der Waals surface area contributed by atoms with Crippen LogP contribution in [0.5, 0.6) is 0 Å². The van der Waals surface area contributed by atoms with Crippen molar-refractivity contribution in [3.05, 3.63) is 0 Å². The molecule has 0 aliphatic carbocycles. The Balaban J connectivity index is 2.27. The topological polar surface area (TPSA) is 55.6 Å². The quantitative estimate of drug-likeness (QED) is 0.668. The van der Waals surface area contributed by atoms with Crippen molar-refractivity contribution in [3.8, 4) is 0 Å². The first-order valence-electron chi connectivity index (χ1n) is 5.28. The SMILES string of the molecule is CC[C@@H](N)C(=O)OC1CCN(C)CC1. The molecule has 1 saturated heterocycles. The molecular weight excluding hydrogens is 180 g/mol. The summed E-state index contributed by atoms with van der Waals surface area (Å²) in [4.78, 5) is 13.6. The van der Waals surface area contributed by atoms with Crippen LogP contribution in [0.2, 0.25) is 0 Å². The van der Waals surface area contributed by atoms with Crippen LogP contribution in [0, 0.1) is 0 Å². The number of carbonyl (C=O) groups is 1. The molecule has 1 heterocycles. The van der Waals surface area contributed by atoms with E-state index in [1.165, 1.54) is 0 Å². The second-order valence-corrected chi connectivity index (χ2v) is 3.95. The Labute approximate surface area is 85.4 Å². The molecule has 1 aliphatic heterocycles. The van der Waals surface area contributed by atoms with Gasteiger partial charge in [0.2, 0.25) is 0 Å². The maximum absolute atomic E-state index is 11.4. The van der Waals surface area contributed by atoms with Crippen LogP contribution in [0.3, 0.4) is 0 Å². The number of likely N-dealkylation sites (tertiary alicyclic amines) is 1. The zero-order valence-corrected chi connectivity index (χ0v) is 9.03. The van der Waals surface area contributed by atoms with Gasteiger partial charge >= 0.3 is 5.97 Å². The lowest BCUT2D eigenvalue weighted by Crippen LogP contribution is -2.39. The largest absolute Gasteiger partial charge is 0.461 e. The minimum absolute atomic E-state index is 0.0799. The monoisotopic (exact) mass is 200 g/mol. The molecule has 4 heteroatoms. The fraction of sp³-hybridized carbons (Fsp3) is 0.900. The van der Waals surface area contributed by atoms with E-state index in [2.05, 4.69) is 11.9 Å². The zero-order chi connectivity index (χ0) is 10.6. The van der Waals surface area contributed by atoms with E-state index in [4.69, 9.17) is 10.5 Å². The molecule has 0 saturated carbocycles. The Morgan fingerprint density at radius 3 is 2.64 bits per heavy atom. The summed E-state index contributed by atoms with van der Waals surface area (Å²) >= 11 is 0. The van der Waals surface area contributed by atoms with Crippen LogP contribution in [0.4, 0.5) is 0 Å². The summed E-state index contributed by atoms with van der Waals surface area (Å²) in [6, 6.07) is -0.449. The van der Waals surface area contributed by atoms with E-state index in [-0.39, 0.29) is 12.1 Å².